The molecule has 2 aromatic carbocycles. The Morgan fingerprint density at radius 2 is 1.73 bits per heavy atom. The maximum Gasteiger partial charge on any atom is 0.241 e. The lowest BCUT2D eigenvalue weighted by atomic mass is 10.1. The Morgan fingerprint density at radius 3 is 2.36 bits per heavy atom. The molecule has 2 atom stereocenters. The van der Waals surface area contributed by atoms with Gasteiger partial charge in [0, 0.05) is 16.8 Å². The molecule has 0 unspecified atom stereocenters. The van der Waals surface area contributed by atoms with Gasteiger partial charge >= 0.3 is 0 Å². The molecule has 1 amide bonds. The quantitative estimate of drug-likeness (QED) is 0.868. The molecule has 0 aromatic heterocycles. The minimum atomic E-state index is -0.420. The molecule has 0 fully saturated rings. The van der Waals surface area contributed by atoms with Crippen LogP contribution in [0.4, 0.5) is 10.1 Å². The first kappa shape index (κ1) is 16.5. The third kappa shape index (κ3) is 4.29. The van der Waals surface area contributed by atoms with Crippen molar-refractivity contribution in [3.05, 3.63) is 64.9 Å². The number of anilines is 1. The normalized spacial score (nSPS) is 13.5. The van der Waals surface area contributed by atoms with Crippen LogP contribution >= 0.6 is 11.6 Å². The van der Waals surface area contributed by atoms with Gasteiger partial charge in [0.05, 0.1) is 6.04 Å². The predicted molar refractivity (Wildman–Crippen MR) is 87.5 cm³/mol. The van der Waals surface area contributed by atoms with Gasteiger partial charge in [-0.05, 0) is 49.7 Å². The van der Waals surface area contributed by atoms with E-state index < -0.39 is 6.04 Å². The van der Waals surface area contributed by atoms with Crippen LogP contribution in [0.5, 0.6) is 0 Å². The van der Waals surface area contributed by atoms with E-state index >= 15 is 0 Å². The first-order valence-electron chi connectivity index (χ1n) is 7.04. The van der Waals surface area contributed by atoms with Gasteiger partial charge in [0.1, 0.15) is 5.82 Å². The maximum absolute atomic E-state index is 12.8. The fourth-order valence-corrected chi connectivity index (χ4v) is 2.45. The minimum absolute atomic E-state index is 0.0670. The number of amides is 1. The number of carbonyl (C=O) groups excluding carboxylic acids is 1. The van der Waals surface area contributed by atoms with Crippen LogP contribution < -0.4 is 10.6 Å². The van der Waals surface area contributed by atoms with Gasteiger partial charge in [-0.3, -0.25) is 10.1 Å². The standard InChI is InChI=1S/C17H18ClFN2O/c1-11(15-5-3-4-6-16(15)18)20-12(2)17(22)21-14-9-7-13(19)8-10-14/h3-12,20H,1-2H3,(H,21,22)/t11-,12-/m0/s1. The Kier molecular flexibility index (Phi) is 5.52. The zero-order chi connectivity index (χ0) is 16.1. The Bertz CT molecular complexity index is 645. The zero-order valence-corrected chi connectivity index (χ0v) is 13.2. The molecule has 0 aliphatic carbocycles. The SMILES string of the molecule is C[C@H](N[C@@H](C)c1ccccc1Cl)C(=O)Nc1ccc(F)cc1. The van der Waals surface area contributed by atoms with E-state index in [0.717, 1.165) is 5.56 Å². The second-order valence-electron chi connectivity index (χ2n) is 5.13. The Hall–Kier alpha value is -1.91. The Morgan fingerprint density at radius 1 is 1.09 bits per heavy atom. The van der Waals surface area contributed by atoms with Crippen molar-refractivity contribution in [2.75, 3.05) is 5.32 Å². The van der Waals surface area contributed by atoms with Gasteiger partial charge in [0.15, 0.2) is 0 Å². The van der Waals surface area contributed by atoms with Gasteiger partial charge in [-0.25, -0.2) is 4.39 Å². The van der Waals surface area contributed by atoms with Crippen molar-refractivity contribution < 1.29 is 9.18 Å². The highest BCUT2D eigenvalue weighted by molar-refractivity contribution is 6.31. The molecule has 0 radical (unpaired) electrons. The first-order valence-corrected chi connectivity index (χ1v) is 7.42. The lowest BCUT2D eigenvalue weighted by Gasteiger charge is -2.20. The minimum Gasteiger partial charge on any atom is -0.325 e. The summed E-state index contributed by atoms with van der Waals surface area (Å²) in [6.07, 6.45) is 0. The molecule has 0 heterocycles. The van der Waals surface area contributed by atoms with Gasteiger partial charge in [-0.1, -0.05) is 29.8 Å². The summed E-state index contributed by atoms with van der Waals surface area (Å²) in [7, 11) is 0. The van der Waals surface area contributed by atoms with Crippen molar-refractivity contribution in [1.82, 2.24) is 5.32 Å². The highest BCUT2D eigenvalue weighted by Crippen LogP contribution is 2.22. The Balaban J connectivity index is 1.96. The molecule has 22 heavy (non-hydrogen) atoms. The number of carbonyl (C=O) groups is 1. The molecule has 2 aromatic rings. The monoisotopic (exact) mass is 320 g/mol. The van der Waals surface area contributed by atoms with Crippen molar-refractivity contribution in [1.29, 1.82) is 0 Å². The fourth-order valence-electron chi connectivity index (χ4n) is 2.15. The summed E-state index contributed by atoms with van der Waals surface area (Å²) < 4.78 is 12.8. The van der Waals surface area contributed by atoms with Gasteiger partial charge < -0.3 is 5.32 Å². The first-order chi connectivity index (χ1) is 10.5. The van der Waals surface area contributed by atoms with E-state index in [0.29, 0.717) is 10.7 Å². The molecular weight excluding hydrogens is 303 g/mol. The molecule has 0 aliphatic rings. The molecule has 116 valence electrons. The topological polar surface area (TPSA) is 41.1 Å². The van der Waals surface area contributed by atoms with E-state index in [1.165, 1.54) is 24.3 Å². The van der Waals surface area contributed by atoms with Crippen LogP contribution in [0.25, 0.3) is 0 Å². The van der Waals surface area contributed by atoms with Crippen LogP contribution in [0, 0.1) is 5.82 Å². The summed E-state index contributed by atoms with van der Waals surface area (Å²) in [6, 6.07) is 12.7. The lowest BCUT2D eigenvalue weighted by Crippen LogP contribution is -2.39. The molecule has 5 heteroatoms. The number of halogens is 2. The van der Waals surface area contributed by atoms with Crippen LogP contribution in [-0.2, 0) is 4.79 Å². The molecule has 0 aliphatic heterocycles. The predicted octanol–water partition coefficient (Wildman–Crippen LogP) is 4.16. The summed E-state index contributed by atoms with van der Waals surface area (Å²) >= 11 is 6.15. The molecule has 0 saturated heterocycles. The maximum atomic E-state index is 12.8. The highest BCUT2D eigenvalue weighted by Gasteiger charge is 2.17. The highest BCUT2D eigenvalue weighted by atomic mass is 35.5. The van der Waals surface area contributed by atoms with Crippen molar-refractivity contribution in [2.24, 2.45) is 0 Å². The molecule has 0 spiro atoms. The average Bonchev–Trinajstić information content (AvgIpc) is 2.49. The summed E-state index contributed by atoms with van der Waals surface area (Å²) in [5.74, 6) is -0.526. The zero-order valence-electron chi connectivity index (χ0n) is 12.4. The number of rotatable bonds is 5. The Labute approximate surface area is 134 Å². The van der Waals surface area contributed by atoms with E-state index in [9.17, 15) is 9.18 Å². The molecule has 2 N–H and O–H groups in total. The van der Waals surface area contributed by atoms with Gasteiger partial charge in [-0.15, -0.1) is 0 Å². The van der Waals surface area contributed by atoms with E-state index in [1.807, 2.05) is 31.2 Å². The van der Waals surface area contributed by atoms with Crippen LogP contribution in [0.3, 0.4) is 0 Å². The summed E-state index contributed by atoms with van der Waals surface area (Å²) in [4.78, 5) is 12.1. The van der Waals surface area contributed by atoms with E-state index in [1.54, 1.807) is 6.92 Å². The van der Waals surface area contributed by atoms with Crippen molar-refractivity contribution in [3.63, 3.8) is 0 Å². The molecule has 0 bridgehead atoms. The van der Waals surface area contributed by atoms with Crippen LogP contribution in [0.15, 0.2) is 48.5 Å². The van der Waals surface area contributed by atoms with Gasteiger partial charge in [-0.2, -0.15) is 0 Å². The van der Waals surface area contributed by atoms with Crippen molar-refractivity contribution in [2.45, 2.75) is 25.9 Å². The molecular formula is C17H18ClFN2O. The molecule has 0 saturated carbocycles. The van der Waals surface area contributed by atoms with Crippen LogP contribution in [-0.4, -0.2) is 11.9 Å². The van der Waals surface area contributed by atoms with E-state index in [2.05, 4.69) is 10.6 Å². The summed E-state index contributed by atoms with van der Waals surface area (Å²) in [5.41, 5.74) is 1.50. The second kappa shape index (κ2) is 7.38. The lowest BCUT2D eigenvalue weighted by molar-refractivity contribution is -0.117. The molecule has 2 rings (SSSR count). The fraction of sp³-hybridized carbons (Fsp3) is 0.235. The largest absolute Gasteiger partial charge is 0.325 e. The van der Waals surface area contributed by atoms with Crippen molar-refractivity contribution in [3.8, 4) is 0 Å². The second-order valence-corrected chi connectivity index (χ2v) is 5.53. The van der Waals surface area contributed by atoms with Gasteiger partial charge in [0.2, 0.25) is 5.91 Å². The number of hydrogen-bond donors (Lipinski definition) is 2. The molecule has 3 nitrogen and oxygen atoms in total. The smallest absolute Gasteiger partial charge is 0.241 e. The third-order valence-electron chi connectivity index (χ3n) is 3.38. The number of nitrogens with one attached hydrogen (secondary N) is 2. The summed E-state index contributed by atoms with van der Waals surface area (Å²) in [6.45, 7) is 3.72. The van der Waals surface area contributed by atoms with E-state index in [4.69, 9.17) is 11.6 Å². The van der Waals surface area contributed by atoms with Gasteiger partial charge in [0.25, 0.3) is 0 Å². The number of benzene rings is 2. The van der Waals surface area contributed by atoms with Crippen molar-refractivity contribution >= 4 is 23.2 Å². The average molecular weight is 321 g/mol. The number of hydrogen-bond acceptors (Lipinski definition) is 2. The van der Waals surface area contributed by atoms with E-state index in [-0.39, 0.29) is 17.8 Å². The van der Waals surface area contributed by atoms with Crippen LogP contribution in [0.2, 0.25) is 5.02 Å². The third-order valence-corrected chi connectivity index (χ3v) is 3.72. The summed E-state index contributed by atoms with van der Waals surface area (Å²) in [5, 5.41) is 6.60. The van der Waals surface area contributed by atoms with Crippen LogP contribution in [0.1, 0.15) is 25.5 Å².